The number of carbonyl (C=O) groups is 1. The zero-order valence-corrected chi connectivity index (χ0v) is 11.6. The number of hydrogen-bond acceptors (Lipinski definition) is 6. The quantitative estimate of drug-likeness (QED) is 0.557. The number of hydrogen-bond donors (Lipinski definition) is 2. The van der Waals surface area contributed by atoms with E-state index in [2.05, 4.69) is 14.7 Å². The minimum atomic E-state index is -0.812. The van der Waals surface area contributed by atoms with E-state index in [4.69, 9.17) is 5.11 Å². The van der Waals surface area contributed by atoms with Crippen molar-refractivity contribution in [1.29, 1.82) is 0 Å². The highest BCUT2D eigenvalue weighted by molar-refractivity contribution is 8.00. The van der Waals surface area contributed by atoms with E-state index in [0.717, 1.165) is 22.9 Å². The van der Waals surface area contributed by atoms with E-state index in [-0.39, 0.29) is 0 Å². The van der Waals surface area contributed by atoms with Crippen molar-refractivity contribution in [2.75, 3.05) is 12.8 Å². The van der Waals surface area contributed by atoms with Crippen LogP contribution in [0.1, 0.15) is 26.2 Å². The predicted octanol–water partition coefficient (Wildman–Crippen LogP) is 1.86. The number of nitrogens with one attached hydrogen (secondary N) is 1. The van der Waals surface area contributed by atoms with Gasteiger partial charge in [-0.3, -0.25) is 4.79 Å². The maximum atomic E-state index is 11.0. The van der Waals surface area contributed by atoms with Gasteiger partial charge in [0.05, 0.1) is 0 Å². The predicted molar refractivity (Wildman–Crippen MR) is 69.6 cm³/mol. The molecule has 0 saturated heterocycles. The second kappa shape index (κ2) is 6.93. The molecule has 0 spiro atoms. The summed E-state index contributed by atoms with van der Waals surface area (Å²) < 4.78 is 4.89. The molecule has 1 aromatic rings. The van der Waals surface area contributed by atoms with Crippen LogP contribution in [-0.2, 0) is 4.79 Å². The highest BCUT2D eigenvalue weighted by Crippen LogP contribution is 2.21. The molecule has 0 bridgehead atoms. The van der Waals surface area contributed by atoms with Gasteiger partial charge in [0.2, 0.25) is 0 Å². The Hall–Kier alpha value is -0.660. The number of carboxylic acid groups (broad SMARTS) is 1. The Kier molecular flexibility index (Phi) is 5.87. The molecule has 0 fully saturated rings. The highest BCUT2D eigenvalue weighted by Gasteiger charge is 2.29. The van der Waals surface area contributed by atoms with Crippen molar-refractivity contribution in [3.8, 4) is 0 Å². The largest absolute Gasteiger partial charge is 0.480 e. The number of thioether (sulfide) groups is 1. The third-order valence-electron chi connectivity index (χ3n) is 2.66. The van der Waals surface area contributed by atoms with Crippen molar-refractivity contribution >= 4 is 29.3 Å². The van der Waals surface area contributed by atoms with E-state index >= 15 is 0 Å². The average molecular weight is 275 g/mol. The van der Waals surface area contributed by atoms with Gasteiger partial charge < -0.3 is 10.4 Å². The van der Waals surface area contributed by atoms with Gasteiger partial charge in [0.1, 0.15) is 11.9 Å². The van der Waals surface area contributed by atoms with Crippen LogP contribution in [0, 0.1) is 0 Å². The minimum absolute atomic E-state index is 0.634. The van der Waals surface area contributed by atoms with Gasteiger partial charge in [-0.05, 0) is 38.3 Å². The molecular formula is C10H17N3O2S2. The fraction of sp³-hybridized carbons (Fsp3) is 0.700. The third kappa shape index (κ3) is 4.61. The zero-order valence-electron chi connectivity index (χ0n) is 9.97. The Labute approximate surface area is 109 Å². The van der Waals surface area contributed by atoms with E-state index < -0.39 is 11.5 Å². The molecule has 7 heteroatoms. The van der Waals surface area contributed by atoms with Crippen molar-refractivity contribution in [2.45, 2.75) is 36.1 Å². The molecule has 0 aliphatic carbocycles. The fourth-order valence-corrected chi connectivity index (χ4v) is 2.82. The Morgan fingerprint density at radius 3 is 2.94 bits per heavy atom. The lowest BCUT2D eigenvalue weighted by Gasteiger charge is -2.23. The molecule has 96 valence electrons. The lowest BCUT2D eigenvalue weighted by molar-refractivity contribution is -0.144. The summed E-state index contributed by atoms with van der Waals surface area (Å²) in [6, 6.07) is 0. The molecule has 1 unspecified atom stereocenters. The molecule has 1 heterocycles. The number of unbranched alkanes of at least 4 members (excludes halogenated alkanes) is 1. The smallest absolute Gasteiger partial charge is 0.323 e. The van der Waals surface area contributed by atoms with E-state index in [0.29, 0.717) is 6.42 Å². The number of likely N-dealkylation sites (N-methyl/N-ethyl adjacent to an activating group) is 1. The van der Waals surface area contributed by atoms with Crippen molar-refractivity contribution in [3.05, 3.63) is 6.33 Å². The lowest BCUT2D eigenvalue weighted by atomic mass is 9.95. The number of aliphatic carboxylic acids is 1. The number of rotatable bonds is 8. The monoisotopic (exact) mass is 275 g/mol. The summed E-state index contributed by atoms with van der Waals surface area (Å²) >= 11 is 3.06. The molecule has 0 amide bonds. The van der Waals surface area contributed by atoms with Crippen LogP contribution < -0.4 is 5.32 Å². The van der Waals surface area contributed by atoms with E-state index in [1.54, 1.807) is 32.1 Å². The summed E-state index contributed by atoms with van der Waals surface area (Å²) in [5.41, 5.74) is -0.812. The van der Waals surface area contributed by atoms with Crippen LogP contribution in [0.2, 0.25) is 0 Å². The van der Waals surface area contributed by atoms with E-state index in [1.165, 1.54) is 11.5 Å². The molecule has 2 N–H and O–H groups in total. The molecule has 0 aromatic carbocycles. The van der Waals surface area contributed by atoms with Gasteiger partial charge in [-0.2, -0.15) is 4.37 Å². The summed E-state index contributed by atoms with van der Waals surface area (Å²) in [5.74, 6) is 0.158. The number of aromatic nitrogens is 2. The standard InChI is InChI=1S/C10H17N3O2S2/c1-10(11-2,8(14)15)5-3-4-6-16-9-12-7-13-17-9/h7,11H,3-6H2,1-2H3,(H,14,15). The van der Waals surface area contributed by atoms with Gasteiger partial charge in [-0.1, -0.05) is 18.2 Å². The maximum absolute atomic E-state index is 11.0. The van der Waals surface area contributed by atoms with Gasteiger partial charge in [0, 0.05) is 5.75 Å². The molecule has 1 atom stereocenters. The number of nitrogens with zero attached hydrogens (tertiary/aromatic N) is 2. The van der Waals surface area contributed by atoms with Gasteiger partial charge in [-0.15, -0.1) is 0 Å². The van der Waals surface area contributed by atoms with Gasteiger partial charge in [0.15, 0.2) is 4.34 Å². The molecule has 5 nitrogen and oxygen atoms in total. The summed E-state index contributed by atoms with van der Waals surface area (Å²) in [6.07, 6.45) is 4.05. The van der Waals surface area contributed by atoms with Crippen LogP contribution in [0.5, 0.6) is 0 Å². The van der Waals surface area contributed by atoms with Crippen molar-refractivity contribution in [1.82, 2.24) is 14.7 Å². The molecule has 1 aromatic heterocycles. The molecule has 1 rings (SSSR count). The first-order valence-corrected chi connectivity index (χ1v) is 7.16. The Bertz CT molecular complexity index is 345. The van der Waals surface area contributed by atoms with Crippen molar-refractivity contribution < 1.29 is 9.90 Å². The van der Waals surface area contributed by atoms with E-state index in [1.807, 2.05) is 0 Å². The first-order chi connectivity index (χ1) is 8.08. The van der Waals surface area contributed by atoms with Crippen LogP contribution in [0.15, 0.2) is 10.7 Å². The fourth-order valence-electron chi connectivity index (χ4n) is 1.31. The van der Waals surface area contributed by atoms with Crippen LogP contribution in [0.25, 0.3) is 0 Å². The van der Waals surface area contributed by atoms with E-state index in [9.17, 15) is 4.79 Å². The molecular weight excluding hydrogens is 258 g/mol. The van der Waals surface area contributed by atoms with Gasteiger partial charge in [-0.25, -0.2) is 4.98 Å². The molecule has 0 radical (unpaired) electrons. The second-order valence-electron chi connectivity index (χ2n) is 3.90. The summed E-state index contributed by atoms with van der Waals surface area (Å²) in [4.78, 5) is 15.1. The molecule has 17 heavy (non-hydrogen) atoms. The SMILES string of the molecule is CNC(C)(CCCCSc1ncns1)C(=O)O. The normalized spacial score (nSPS) is 14.5. The van der Waals surface area contributed by atoms with Crippen LogP contribution in [0.3, 0.4) is 0 Å². The third-order valence-corrected chi connectivity index (χ3v) is 4.55. The van der Waals surface area contributed by atoms with Crippen LogP contribution in [0.4, 0.5) is 0 Å². The van der Waals surface area contributed by atoms with Crippen molar-refractivity contribution in [2.24, 2.45) is 0 Å². The van der Waals surface area contributed by atoms with Crippen LogP contribution in [-0.4, -0.2) is 38.8 Å². The molecule has 0 aliphatic rings. The molecule has 0 aliphatic heterocycles. The first kappa shape index (κ1) is 14.4. The Balaban J connectivity index is 2.17. The summed E-state index contributed by atoms with van der Waals surface area (Å²) in [7, 11) is 1.68. The van der Waals surface area contributed by atoms with Crippen molar-refractivity contribution in [3.63, 3.8) is 0 Å². The summed E-state index contributed by atoms with van der Waals surface area (Å²) in [5, 5.41) is 11.9. The minimum Gasteiger partial charge on any atom is -0.480 e. The lowest BCUT2D eigenvalue weighted by Crippen LogP contribution is -2.47. The zero-order chi connectivity index (χ0) is 12.7. The molecule has 0 saturated carbocycles. The second-order valence-corrected chi connectivity index (χ2v) is 6.02. The summed E-state index contributed by atoms with van der Waals surface area (Å²) in [6.45, 7) is 1.72. The highest BCUT2D eigenvalue weighted by atomic mass is 32.2. The Morgan fingerprint density at radius 2 is 2.41 bits per heavy atom. The Morgan fingerprint density at radius 1 is 1.65 bits per heavy atom. The van der Waals surface area contributed by atoms with Gasteiger partial charge in [0.25, 0.3) is 0 Å². The number of carboxylic acids is 1. The first-order valence-electron chi connectivity index (χ1n) is 5.40. The van der Waals surface area contributed by atoms with Crippen LogP contribution >= 0.6 is 23.3 Å². The maximum Gasteiger partial charge on any atom is 0.323 e. The average Bonchev–Trinajstić information content (AvgIpc) is 2.81. The topological polar surface area (TPSA) is 75.1 Å². The van der Waals surface area contributed by atoms with Gasteiger partial charge >= 0.3 is 5.97 Å².